The number of nitrogens with zero attached hydrogens (tertiary/aromatic N) is 1. The summed E-state index contributed by atoms with van der Waals surface area (Å²) in [7, 11) is 0. The van der Waals surface area contributed by atoms with Gasteiger partial charge >= 0.3 is 18.2 Å². The first-order chi connectivity index (χ1) is 11.5. The van der Waals surface area contributed by atoms with Gasteiger partial charge in [-0.2, -0.15) is 4.90 Å². The van der Waals surface area contributed by atoms with Crippen LogP contribution < -0.4 is 0 Å². The van der Waals surface area contributed by atoms with Crippen LogP contribution in [-0.4, -0.2) is 57.6 Å². The molecule has 0 aromatic heterocycles. The highest BCUT2D eigenvalue weighted by molar-refractivity contribution is 5.94. The molecule has 0 aromatic rings. The maximum Gasteiger partial charge on any atom is 0.420 e. The monoisotopic (exact) mass is 375 g/mol. The zero-order chi connectivity index (χ0) is 20.9. The van der Waals surface area contributed by atoms with Crippen LogP contribution in [0.4, 0.5) is 9.59 Å². The van der Waals surface area contributed by atoms with Crippen LogP contribution in [0.1, 0.15) is 68.7 Å². The summed E-state index contributed by atoms with van der Waals surface area (Å²) >= 11 is 0. The first-order valence-electron chi connectivity index (χ1n) is 8.56. The molecule has 0 saturated heterocycles. The summed E-state index contributed by atoms with van der Waals surface area (Å²) in [6.45, 7) is 14.3. The van der Waals surface area contributed by atoms with E-state index < -0.39 is 47.6 Å². The Morgan fingerprint density at radius 3 is 1.38 bits per heavy atom. The van der Waals surface area contributed by atoms with Crippen LogP contribution in [0, 0.1) is 0 Å². The molecule has 0 aliphatic heterocycles. The van der Waals surface area contributed by atoms with Crippen LogP contribution in [0.5, 0.6) is 0 Å². The van der Waals surface area contributed by atoms with Gasteiger partial charge in [-0.1, -0.05) is 0 Å². The van der Waals surface area contributed by atoms with Crippen LogP contribution in [-0.2, 0) is 19.0 Å². The molecule has 1 N–H and O–H groups in total. The van der Waals surface area contributed by atoms with Gasteiger partial charge in [-0.15, -0.1) is 0 Å². The largest absolute Gasteiger partial charge is 0.458 e. The van der Waals surface area contributed by atoms with Gasteiger partial charge in [-0.3, -0.25) is 0 Å². The SMILES string of the molecule is CC(C)(C)OC(=O)[C@H](CCO)N(C(=O)OC(C)(C)C)C(=O)OC(C)(C)C. The molecule has 152 valence electrons. The molecule has 0 rings (SSSR count). The number of esters is 1. The Morgan fingerprint density at radius 2 is 1.12 bits per heavy atom. The average molecular weight is 375 g/mol. The summed E-state index contributed by atoms with van der Waals surface area (Å²) in [5.41, 5.74) is -2.62. The Morgan fingerprint density at radius 1 is 0.769 bits per heavy atom. The summed E-state index contributed by atoms with van der Waals surface area (Å²) in [5, 5.41) is 9.32. The summed E-state index contributed by atoms with van der Waals surface area (Å²) in [5.74, 6) is -0.830. The number of ether oxygens (including phenoxy) is 3. The van der Waals surface area contributed by atoms with Crippen LogP contribution in [0.25, 0.3) is 0 Å². The van der Waals surface area contributed by atoms with Crippen molar-refractivity contribution in [1.82, 2.24) is 4.90 Å². The Balaban J connectivity index is 5.83. The van der Waals surface area contributed by atoms with Gasteiger partial charge < -0.3 is 19.3 Å². The van der Waals surface area contributed by atoms with Gasteiger partial charge in [0.15, 0.2) is 0 Å². The minimum atomic E-state index is -1.37. The fourth-order valence-electron chi connectivity index (χ4n) is 1.80. The van der Waals surface area contributed by atoms with Crippen molar-refractivity contribution in [2.24, 2.45) is 0 Å². The normalized spacial score (nSPS) is 13.6. The van der Waals surface area contributed by atoms with Gasteiger partial charge in [0, 0.05) is 13.0 Å². The molecule has 0 aliphatic rings. The highest BCUT2D eigenvalue weighted by Crippen LogP contribution is 2.20. The van der Waals surface area contributed by atoms with E-state index >= 15 is 0 Å². The predicted octanol–water partition coefficient (Wildman–Crippen LogP) is 3.25. The van der Waals surface area contributed by atoms with Crippen LogP contribution >= 0.6 is 0 Å². The van der Waals surface area contributed by atoms with E-state index in [9.17, 15) is 19.5 Å². The van der Waals surface area contributed by atoms with E-state index in [0.717, 1.165) is 0 Å². The number of aliphatic hydroxyl groups excluding tert-OH is 1. The van der Waals surface area contributed by atoms with Gasteiger partial charge in [-0.05, 0) is 62.3 Å². The van der Waals surface area contributed by atoms with Crippen molar-refractivity contribution in [3.63, 3.8) is 0 Å². The lowest BCUT2D eigenvalue weighted by Gasteiger charge is -2.33. The van der Waals surface area contributed by atoms with Crippen molar-refractivity contribution in [3.05, 3.63) is 0 Å². The van der Waals surface area contributed by atoms with Gasteiger partial charge in [0.1, 0.15) is 22.8 Å². The number of aliphatic hydroxyl groups is 1. The lowest BCUT2D eigenvalue weighted by molar-refractivity contribution is -0.161. The Kier molecular flexibility index (Phi) is 8.09. The molecular formula is C18H33NO7. The quantitative estimate of drug-likeness (QED) is 0.594. The summed E-state index contributed by atoms with van der Waals surface area (Å²) < 4.78 is 15.8. The van der Waals surface area contributed by atoms with E-state index in [1.54, 1.807) is 62.3 Å². The smallest absolute Gasteiger partial charge is 0.420 e. The number of rotatable bonds is 4. The maximum atomic E-state index is 12.6. The molecule has 1 atom stereocenters. The number of carbonyl (C=O) groups is 3. The molecule has 0 spiro atoms. The maximum absolute atomic E-state index is 12.6. The number of hydrogen-bond donors (Lipinski definition) is 1. The second-order valence-electron chi connectivity index (χ2n) is 8.89. The zero-order valence-electron chi connectivity index (χ0n) is 17.3. The molecular weight excluding hydrogens is 342 g/mol. The molecule has 0 fully saturated rings. The number of imide groups is 1. The predicted molar refractivity (Wildman–Crippen MR) is 95.6 cm³/mol. The highest BCUT2D eigenvalue weighted by Gasteiger charge is 2.41. The van der Waals surface area contributed by atoms with E-state index in [2.05, 4.69) is 0 Å². The van der Waals surface area contributed by atoms with Crippen LogP contribution in [0.2, 0.25) is 0 Å². The first-order valence-corrected chi connectivity index (χ1v) is 8.56. The Labute approximate surface area is 155 Å². The number of carbonyl (C=O) groups excluding carboxylic acids is 3. The van der Waals surface area contributed by atoms with E-state index in [1.807, 2.05) is 0 Å². The molecule has 0 aliphatic carbocycles. The average Bonchev–Trinajstić information content (AvgIpc) is 2.31. The molecule has 26 heavy (non-hydrogen) atoms. The van der Waals surface area contributed by atoms with Crippen LogP contribution in [0.15, 0.2) is 0 Å². The van der Waals surface area contributed by atoms with Crippen molar-refractivity contribution in [2.45, 2.75) is 91.6 Å². The standard InChI is InChI=1S/C18H33NO7/c1-16(2,3)24-13(21)12(10-11-20)19(14(22)25-17(4,5)6)15(23)26-18(7,8)9/h12,20H,10-11H2,1-9H3/t12-/m0/s1. The fraction of sp³-hybridized carbons (Fsp3) is 0.833. The van der Waals surface area contributed by atoms with E-state index in [4.69, 9.17) is 14.2 Å². The van der Waals surface area contributed by atoms with Crippen molar-refractivity contribution in [1.29, 1.82) is 0 Å². The fourth-order valence-corrected chi connectivity index (χ4v) is 1.80. The third kappa shape index (κ3) is 9.60. The molecule has 8 nitrogen and oxygen atoms in total. The molecule has 2 amide bonds. The third-order valence-corrected chi connectivity index (χ3v) is 2.57. The third-order valence-electron chi connectivity index (χ3n) is 2.57. The van der Waals surface area contributed by atoms with Gasteiger partial charge in [0.05, 0.1) is 0 Å². The lowest BCUT2D eigenvalue weighted by Crippen LogP contribution is -2.53. The molecule has 0 heterocycles. The Bertz CT molecular complexity index is 481. The van der Waals surface area contributed by atoms with Gasteiger partial charge in [-0.25, -0.2) is 14.4 Å². The highest BCUT2D eigenvalue weighted by atomic mass is 16.6. The molecule has 0 saturated carbocycles. The molecule has 0 bridgehead atoms. The van der Waals surface area contributed by atoms with E-state index in [0.29, 0.717) is 4.90 Å². The van der Waals surface area contributed by atoms with E-state index in [-0.39, 0.29) is 6.42 Å². The van der Waals surface area contributed by atoms with Gasteiger partial charge in [0.25, 0.3) is 0 Å². The molecule has 8 heteroatoms. The first kappa shape index (κ1) is 24.2. The van der Waals surface area contributed by atoms with Crippen molar-refractivity contribution in [2.75, 3.05) is 6.61 Å². The summed E-state index contributed by atoms with van der Waals surface area (Å²) in [6, 6.07) is -1.37. The van der Waals surface area contributed by atoms with Crippen LogP contribution in [0.3, 0.4) is 0 Å². The Hall–Kier alpha value is -1.83. The van der Waals surface area contributed by atoms with Crippen molar-refractivity contribution < 1.29 is 33.7 Å². The second kappa shape index (κ2) is 8.70. The second-order valence-corrected chi connectivity index (χ2v) is 8.89. The molecule has 0 aromatic carbocycles. The summed E-state index contributed by atoms with van der Waals surface area (Å²) in [4.78, 5) is 38.3. The summed E-state index contributed by atoms with van der Waals surface area (Å²) in [6.07, 6.45) is -2.29. The molecule has 0 radical (unpaired) electrons. The van der Waals surface area contributed by atoms with Crippen molar-refractivity contribution in [3.8, 4) is 0 Å². The van der Waals surface area contributed by atoms with Crippen molar-refractivity contribution >= 4 is 18.2 Å². The lowest BCUT2D eigenvalue weighted by atomic mass is 10.1. The number of amides is 2. The minimum Gasteiger partial charge on any atom is -0.458 e. The van der Waals surface area contributed by atoms with Gasteiger partial charge in [0.2, 0.25) is 0 Å². The number of hydrogen-bond acceptors (Lipinski definition) is 7. The van der Waals surface area contributed by atoms with E-state index in [1.165, 1.54) is 0 Å². The zero-order valence-corrected chi connectivity index (χ0v) is 17.3. The molecule has 0 unspecified atom stereocenters. The topological polar surface area (TPSA) is 102 Å². The minimum absolute atomic E-state index is 0.201.